The van der Waals surface area contributed by atoms with E-state index in [2.05, 4.69) is 21.3 Å². The van der Waals surface area contributed by atoms with Gasteiger partial charge in [0.1, 0.15) is 6.04 Å². The van der Waals surface area contributed by atoms with Gasteiger partial charge >= 0.3 is 12.0 Å². The second-order valence-electron chi connectivity index (χ2n) is 9.13. The molecule has 10 nitrogen and oxygen atoms in total. The molecule has 0 saturated heterocycles. The number of carboxylic acid groups (broad SMARTS) is 1. The minimum absolute atomic E-state index is 0.254. The summed E-state index contributed by atoms with van der Waals surface area (Å²) in [6.07, 6.45) is -0.337. The maximum atomic E-state index is 12.8. The zero-order valence-corrected chi connectivity index (χ0v) is 21.1. The predicted molar refractivity (Wildman–Crippen MR) is 144 cm³/mol. The Bertz CT molecular complexity index is 1370. The molecule has 3 aromatic rings. The van der Waals surface area contributed by atoms with Crippen molar-refractivity contribution in [2.24, 2.45) is 0 Å². The second kappa shape index (κ2) is 11.5. The fourth-order valence-electron chi connectivity index (χ4n) is 4.16. The average molecular weight is 516 g/mol. The highest BCUT2D eigenvalue weighted by Gasteiger charge is 2.29. The summed E-state index contributed by atoms with van der Waals surface area (Å²) in [5.74, 6) is -1.67. The fraction of sp³-hybridized carbons (Fsp3) is 0.214. The van der Waals surface area contributed by atoms with Gasteiger partial charge in [-0.1, -0.05) is 30.3 Å². The third kappa shape index (κ3) is 6.47. The van der Waals surface area contributed by atoms with Gasteiger partial charge in [0, 0.05) is 42.8 Å². The smallest absolute Gasteiger partial charge is 0.323 e. The highest BCUT2D eigenvalue weighted by molar-refractivity contribution is 6.00. The fourth-order valence-corrected chi connectivity index (χ4v) is 4.16. The molecule has 1 atom stereocenters. The van der Waals surface area contributed by atoms with E-state index in [1.165, 1.54) is 4.90 Å². The number of amides is 4. The lowest BCUT2D eigenvalue weighted by Gasteiger charge is -2.19. The number of carbonyl (C=O) groups is 4. The van der Waals surface area contributed by atoms with Crippen LogP contribution in [-0.4, -0.2) is 46.9 Å². The minimum atomic E-state index is -1.07. The highest BCUT2D eigenvalue weighted by atomic mass is 16.4. The number of carboxylic acids is 1. The largest absolute Gasteiger partial charge is 0.481 e. The number of nitrogens with zero attached hydrogens (tertiary/aromatic N) is 1. The molecule has 1 aliphatic heterocycles. The van der Waals surface area contributed by atoms with Gasteiger partial charge < -0.3 is 31.3 Å². The first-order chi connectivity index (χ1) is 18.2. The molecule has 10 heteroatoms. The van der Waals surface area contributed by atoms with Crippen LogP contribution in [-0.2, 0) is 22.7 Å². The molecule has 0 spiro atoms. The number of hydrogen-bond acceptors (Lipinski definition) is 5. The monoisotopic (exact) mass is 515 g/mol. The Balaban J connectivity index is 1.34. The number of aliphatic carboxylic acids is 1. The van der Waals surface area contributed by atoms with Gasteiger partial charge in [-0.15, -0.1) is 0 Å². The quantitative estimate of drug-likeness (QED) is 0.324. The lowest BCUT2D eigenvalue weighted by Crippen LogP contribution is -2.39. The van der Waals surface area contributed by atoms with Gasteiger partial charge in [0.15, 0.2) is 0 Å². The van der Waals surface area contributed by atoms with Crippen LogP contribution in [0, 0.1) is 6.92 Å². The van der Waals surface area contributed by atoms with Gasteiger partial charge in [0.25, 0.3) is 5.91 Å². The van der Waals surface area contributed by atoms with Crippen molar-refractivity contribution in [2.75, 3.05) is 23.0 Å². The van der Waals surface area contributed by atoms with Crippen molar-refractivity contribution in [2.45, 2.75) is 32.5 Å². The van der Waals surface area contributed by atoms with Crippen LogP contribution >= 0.6 is 0 Å². The van der Waals surface area contributed by atoms with E-state index in [1.54, 1.807) is 37.4 Å². The zero-order chi connectivity index (χ0) is 27.2. The number of carbonyl (C=O) groups excluding carboxylic acids is 3. The van der Waals surface area contributed by atoms with E-state index in [1.807, 2.05) is 43.3 Å². The SMILES string of the molecule is Cc1ccccc1NC(=O)Nc1ccc(CNC(=O)c2ccc3c(c2)CN(C)C(=O)C(CC(=O)O)N3)cc1. The summed E-state index contributed by atoms with van der Waals surface area (Å²) in [7, 11) is 1.60. The predicted octanol–water partition coefficient (Wildman–Crippen LogP) is 3.80. The molecule has 1 unspecified atom stereocenters. The summed E-state index contributed by atoms with van der Waals surface area (Å²) in [6, 6.07) is 18.4. The van der Waals surface area contributed by atoms with E-state index in [4.69, 9.17) is 5.11 Å². The van der Waals surface area contributed by atoms with Crippen molar-refractivity contribution < 1.29 is 24.3 Å². The molecule has 0 aromatic heterocycles. The lowest BCUT2D eigenvalue weighted by atomic mass is 10.1. The summed E-state index contributed by atoms with van der Waals surface area (Å²) < 4.78 is 0. The van der Waals surface area contributed by atoms with Crippen molar-refractivity contribution in [3.8, 4) is 0 Å². The minimum Gasteiger partial charge on any atom is -0.481 e. The first-order valence-electron chi connectivity index (χ1n) is 12.1. The first kappa shape index (κ1) is 26.2. The van der Waals surface area contributed by atoms with Gasteiger partial charge in [-0.25, -0.2) is 4.79 Å². The maximum absolute atomic E-state index is 12.8. The Morgan fingerprint density at radius 1 is 1.03 bits per heavy atom. The van der Waals surface area contributed by atoms with Gasteiger partial charge in [-0.05, 0) is 60.0 Å². The van der Waals surface area contributed by atoms with Crippen LogP contribution < -0.4 is 21.3 Å². The molecule has 38 heavy (non-hydrogen) atoms. The second-order valence-corrected chi connectivity index (χ2v) is 9.13. The molecule has 0 aliphatic carbocycles. The number of hydrogen-bond donors (Lipinski definition) is 5. The third-order valence-corrected chi connectivity index (χ3v) is 6.22. The maximum Gasteiger partial charge on any atom is 0.323 e. The van der Waals surface area contributed by atoms with Gasteiger partial charge in [-0.3, -0.25) is 14.4 Å². The number of nitrogens with one attached hydrogen (secondary N) is 4. The molecule has 0 radical (unpaired) electrons. The molecule has 3 aromatic carbocycles. The summed E-state index contributed by atoms with van der Waals surface area (Å²) in [5.41, 5.74) is 4.93. The zero-order valence-electron chi connectivity index (χ0n) is 21.1. The van der Waals surface area contributed by atoms with Crippen LogP contribution in [0.5, 0.6) is 0 Å². The van der Waals surface area contributed by atoms with Crippen LogP contribution in [0.4, 0.5) is 21.9 Å². The van der Waals surface area contributed by atoms with Crippen molar-refractivity contribution in [1.29, 1.82) is 0 Å². The van der Waals surface area contributed by atoms with Crippen molar-refractivity contribution in [1.82, 2.24) is 10.2 Å². The normalized spacial score (nSPS) is 14.5. The number of rotatable bonds is 7. The molecule has 0 fully saturated rings. The molecule has 4 rings (SSSR count). The molecule has 5 N–H and O–H groups in total. The van der Waals surface area contributed by atoms with Crippen molar-refractivity contribution >= 4 is 40.9 Å². The van der Waals surface area contributed by atoms with E-state index in [0.29, 0.717) is 16.9 Å². The molecule has 0 bridgehead atoms. The van der Waals surface area contributed by atoms with E-state index in [0.717, 1.165) is 22.4 Å². The summed E-state index contributed by atoms with van der Waals surface area (Å²) in [5, 5.41) is 20.6. The average Bonchev–Trinajstić information content (AvgIpc) is 3.00. The van der Waals surface area contributed by atoms with E-state index >= 15 is 0 Å². The molecule has 1 aliphatic rings. The lowest BCUT2D eigenvalue weighted by molar-refractivity contribution is -0.141. The molecule has 1 heterocycles. The number of likely N-dealkylation sites (N-methyl/N-ethyl adjacent to an activating group) is 1. The molecular weight excluding hydrogens is 486 g/mol. The van der Waals surface area contributed by atoms with E-state index in [9.17, 15) is 19.2 Å². The van der Waals surface area contributed by atoms with Gasteiger partial charge in [-0.2, -0.15) is 0 Å². The number of para-hydroxylation sites is 1. The van der Waals surface area contributed by atoms with Crippen LogP contribution in [0.25, 0.3) is 0 Å². The van der Waals surface area contributed by atoms with Crippen LogP contribution in [0.1, 0.15) is 33.5 Å². The molecular formula is C28H29N5O5. The number of anilines is 3. The Labute approximate surface area is 220 Å². The Kier molecular flexibility index (Phi) is 7.91. The summed E-state index contributed by atoms with van der Waals surface area (Å²) in [4.78, 5) is 50.2. The number of fused-ring (bicyclic) bond motifs is 1. The molecule has 0 saturated carbocycles. The standard InChI is InChI=1S/C28H29N5O5/c1-17-5-3-4-6-22(17)32-28(38)30-21-10-7-18(8-11-21)15-29-26(36)19-9-12-23-20(13-19)16-33(2)27(37)24(31-23)14-25(34)35/h3-13,24,31H,14-16H2,1-2H3,(H,29,36)(H,34,35)(H2,30,32,38). The van der Waals surface area contributed by atoms with Crippen molar-refractivity contribution in [3.05, 3.63) is 89.0 Å². The van der Waals surface area contributed by atoms with Crippen LogP contribution in [0.2, 0.25) is 0 Å². The van der Waals surface area contributed by atoms with Gasteiger partial charge in [0.2, 0.25) is 5.91 Å². The summed E-state index contributed by atoms with van der Waals surface area (Å²) in [6.45, 7) is 2.45. The van der Waals surface area contributed by atoms with Crippen LogP contribution in [0.15, 0.2) is 66.7 Å². The topological polar surface area (TPSA) is 140 Å². The number of urea groups is 1. The Hall–Kier alpha value is -4.86. The number of benzene rings is 3. The molecule has 4 amide bonds. The van der Waals surface area contributed by atoms with Crippen molar-refractivity contribution in [3.63, 3.8) is 0 Å². The third-order valence-electron chi connectivity index (χ3n) is 6.22. The first-order valence-corrected chi connectivity index (χ1v) is 12.1. The van der Waals surface area contributed by atoms with Crippen LogP contribution in [0.3, 0.4) is 0 Å². The number of aryl methyl sites for hydroxylation is 1. The van der Waals surface area contributed by atoms with E-state index in [-0.39, 0.29) is 37.4 Å². The van der Waals surface area contributed by atoms with Gasteiger partial charge in [0.05, 0.1) is 6.42 Å². The highest BCUT2D eigenvalue weighted by Crippen LogP contribution is 2.25. The Morgan fingerprint density at radius 3 is 2.47 bits per heavy atom. The summed E-state index contributed by atoms with van der Waals surface area (Å²) >= 11 is 0. The Morgan fingerprint density at radius 2 is 1.76 bits per heavy atom. The molecule has 196 valence electrons. The van der Waals surface area contributed by atoms with E-state index < -0.39 is 12.0 Å².